The Morgan fingerprint density at radius 3 is 2.59 bits per heavy atom. The minimum atomic E-state index is -0.728. The van der Waals surface area contributed by atoms with Gasteiger partial charge in [-0.25, -0.2) is 0 Å². The lowest BCUT2D eigenvalue weighted by Crippen LogP contribution is -2.34. The minimum Gasteiger partial charge on any atom is -0.319 e. The molecule has 1 atom stereocenters. The second kappa shape index (κ2) is 4.64. The number of amides is 2. The summed E-state index contributed by atoms with van der Waals surface area (Å²) in [6.45, 7) is 0.140. The van der Waals surface area contributed by atoms with Gasteiger partial charge in [0, 0.05) is 10.0 Å². The van der Waals surface area contributed by atoms with Gasteiger partial charge in [0.25, 0.3) is 0 Å². The van der Waals surface area contributed by atoms with Crippen molar-refractivity contribution < 1.29 is 9.59 Å². The molecule has 2 rings (SSSR count). The number of likely N-dealkylation sites (tertiary alicyclic amines) is 1. The van der Waals surface area contributed by atoms with Gasteiger partial charge in [-0.05, 0) is 17.7 Å². The molecule has 1 aromatic rings. The average molecular weight is 273 g/mol. The van der Waals surface area contributed by atoms with Crippen LogP contribution in [-0.4, -0.2) is 22.8 Å². The van der Waals surface area contributed by atoms with Gasteiger partial charge in [-0.3, -0.25) is 14.5 Å². The van der Waals surface area contributed by atoms with Crippen molar-refractivity contribution in [3.8, 4) is 0 Å². The van der Waals surface area contributed by atoms with Gasteiger partial charge in [0.05, 0.1) is 19.0 Å². The van der Waals surface area contributed by atoms with Gasteiger partial charge >= 0.3 is 0 Å². The quantitative estimate of drug-likeness (QED) is 0.832. The van der Waals surface area contributed by atoms with E-state index < -0.39 is 6.04 Å². The Bertz CT molecular complexity index is 490. The van der Waals surface area contributed by atoms with E-state index >= 15 is 0 Å². The van der Waals surface area contributed by atoms with Gasteiger partial charge in [0.1, 0.15) is 0 Å². The molecule has 2 N–H and O–H groups in total. The van der Waals surface area contributed by atoms with E-state index in [0.717, 1.165) is 4.90 Å². The number of nitrogens with zero attached hydrogens (tertiary/aromatic N) is 1. The first-order valence-electron chi connectivity index (χ1n) is 5.03. The van der Waals surface area contributed by atoms with Gasteiger partial charge in [-0.15, -0.1) is 0 Å². The van der Waals surface area contributed by atoms with Crippen LogP contribution in [0.5, 0.6) is 0 Å². The molecule has 2 amide bonds. The Labute approximate surface area is 108 Å². The predicted molar refractivity (Wildman–Crippen MR) is 64.6 cm³/mol. The standard InChI is InChI=1S/C11H10Cl2N2O2/c12-7-2-1-6(8(13)3-7)5-15-10(16)4-9(14)11(15)17/h1-3,9H,4-5,14H2. The zero-order valence-corrected chi connectivity index (χ0v) is 10.3. The van der Waals surface area contributed by atoms with E-state index in [1.54, 1.807) is 18.2 Å². The topological polar surface area (TPSA) is 63.4 Å². The minimum absolute atomic E-state index is 0.0596. The van der Waals surface area contributed by atoms with E-state index in [1.807, 2.05) is 0 Å². The number of rotatable bonds is 2. The van der Waals surface area contributed by atoms with Gasteiger partial charge < -0.3 is 5.73 Å². The summed E-state index contributed by atoms with van der Waals surface area (Å²) >= 11 is 11.7. The molecule has 0 spiro atoms. The maximum Gasteiger partial charge on any atom is 0.246 e. The highest BCUT2D eigenvalue weighted by atomic mass is 35.5. The van der Waals surface area contributed by atoms with Crippen LogP contribution in [0.2, 0.25) is 10.0 Å². The summed E-state index contributed by atoms with van der Waals surface area (Å²) in [4.78, 5) is 24.3. The molecule has 0 aliphatic carbocycles. The molecule has 1 aliphatic rings. The van der Waals surface area contributed by atoms with Crippen molar-refractivity contribution in [2.24, 2.45) is 5.73 Å². The zero-order valence-electron chi connectivity index (χ0n) is 8.82. The van der Waals surface area contributed by atoms with Crippen LogP contribution in [0.15, 0.2) is 18.2 Å². The molecule has 0 saturated carbocycles. The first-order valence-corrected chi connectivity index (χ1v) is 5.78. The van der Waals surface area contributed by atoms with Crippen LogP contribution >= 0.6 is 23.2 Å². The third-order valence-corrected chi connectivity index (χ3v) is 3.21. The molecular weight excluding hydrogens is 263 g/mol. The Kier molecular flexibility index (Phi) is 3.38. The third kappa shape index (κ3) is 2.44. The molecule has 6 heteroatoms. The van der Waals surface area contributed by atoms with Crippen LogP contribution < -0.4 is 5.73 Å². The van der Waals surface area contributed by atoms with Crippen molar-refractivity contribution in [1.29, 1.82) is 0 Å². The van der Waals surface area contributed by atoms with Crippen LogP contribution in [0, 0.1) is 0 Å². The van der Waals surface area contributed by atoms with Crippen molar-refractivity contribution in [1.82, 2.24) is 4.90 Å². The molecule has 0 aromatic heterocycles. The molecule has 1 saturated heterocycles. The van der Waals surface area contributed by atoms with Crippen LogP contribution in [-0.2, 0) is 16.1 Å². The average Bonchev–Trinajstić information content (AvgIpc) is 2.48. The van der Waals surface area contributed by atoms with E-state index in [9.17, 15) is 9.59 Å². The van der Waals surface area contributed by atoms with Gasteiger partial charge in [-0.1, -0.05) is 29.3 Å². The number of imide groups is 1. The number of benzene rings is 1. The lowest BCUT2D eigenvalue weighted by Gasteiger charge is -2.15. The van der Waals surface area contributed by atoms with Crippen molar-refractivity contribution >= 4 is 35.0 Å². The normalized spacial score (nSPS) is 20.2. The number of hydrogen-bond acceptors (Lipinski definition) is 3. The zero-order chi connectivity index (χ0) is 12.6. The summed E-state index contributed by atoms with van der Waals surface area (Å²) < 4.78 is 0. The van der Waals surface area contributed by atoms with Crippen LogP contribution in [0.4, 0.5) is 0 Å². The number of hydrogen-bond donors (Lipinski definition) is 1. The lowest BCUT2D eigenvalue weighted by atomic mass is 10.2. The molecule has 4 nitrogen and oxygen atoms in total. The fourth-order valence-electron chi connectivity index (χ4n) is 1.70. The Balaban J connectivity index is 2.21. The summed E-state index contributed by atoms with van der Waals surface area (Å²) in [5.74, 6) is -0.630. The maximum atomic E-state index is 11.6. The summed E-state index contributed by atoms with van der Waals surface area (Å²) in [5.41, 5.74) is 6.18. The van der Waals surface area contributed by atoms with Crippen LogP contribution in [0.3, 0.4) is 0 Å². The molecule has 1 aliphatic heterocycles. The van der Waals surface area contributed by atoms with Crippen molar-refractivity contribution in [2.75, 3.05) is 0 Å². The number of nitrogens with two attached hydrogens (primary N) is 1. The molecular formula is C11H10Cl2N2O2. The van der Waals surface area contributed by atoms with Crippen molar-refractivity contribution in [3.05, 3.63) is 33.8 Å². The molecule has 1 heterocycles. The molecule has 1 unspecified atom stereocenters. The van der Waals surface area contributed by atoms with Gasteiger partial charge in [0.15, 0.2) is 0 Å². The number of halogens is 2. The van der Waals surface area contributed by atoms with Gasteiger partial charge in [0.2, 0.25) is 11.8 Å². The lowest BCUT2D eigenvalue weighted by molar-refractivity contribution is -0.139. The largest absolute Gasteiger partial charge is 0.319 e. The van der Waals surface area contributed by atoms with Crippen molar-refractivity contribution in [2.45, 2.75) is 19.0 Å². The highest BCUT2D eigenvalue weighted by Gasteiger charge is 2.36. The van der Waals surface area contributed by atoms with E-state index in [-0.39, 0.29) is 24.8 Å². The SMILES string of the molecule is NC1CC(=O)N(Cc2ccc(Cl)cc2Cl)C1=O. The fraction of sp³-hybridized carbons (Fsp3) is 0.273. The summed E-state index contributed by atoms with van der Waals surface area (Å²) in [6.07, 6.45) is 0.0596. The van der Waals surface area contributed by atoms with E-state index in [1.165, 1.54) is 0 Å². The maximum absolute atomic E-state index is 11.6. The fourth-order valence-corrected chi connectivity index (χ4v) is 2.16. The first kappa shape index (κ1) is 12.4. The summed E-state index contributed by atoms with van der Waals surface area (Å²) in [6, 6.07) is 4.19. The van der Waals surface area contributed by atoms with E-state index in [2.05, 4.69) is 0 Å². The Hall–Kier alpha value is -1.10. The number of carbonyl (C=O) groups excluding carboxylic acids is 2. The predicted octanol–water partition coefficient (Wildman–Crippen LogP) is 1.58. The number of carbonyl (C=O) groups is 2. The smallest absolute Gasteiger partial charge is 0.246 e. The van der Waals surface area contributed by atoms with Crippen LogP contribution in [0.25, 0.3) is 0 Å². The Morgan fingerprint density at radius 2 is 2.06 bits per heavy atom. The van der Waals surface area contributed by atoms with Gasteiger partial charge in [-0.2, -0.15) is 0 Å². The summed E-state index contributed by atoms with van der Waals surface area (Å²) in [5, 5.41) is 0.938. The highest BCUT2D eigenvalue weighted by molar-refractivity contribution is 6.35. The first-order chi connectivity index (χ1) is 7.99. The molecule has 0 bridgehead atoms. The molecule has 1 aromatic carbocycles. The summed E-state index contributed by atoms with van der Waals surface area (Å²) in [7, 11) is 0. The molecule has 0 radical (unpaired) electrons. The molecule has 90 valence electrons. The second-order valence-corrected chi connectivity index (χ2v) is 4.71. The molecule has 1 fully saturated rings. The van der Waals surface area contributed by atoms with Crippen LogP contribution in [0.1, 0.15) is 12.0 Å². The van der Waals surface area contributed by atoms with E-state index in [4.69, 9.17) is 28.9 Å². The highest BCUT2D eigenvalue weighted by Crippen LogP contribution is 2.24. The third-order valence-electron chi connectivity index (χ3n) is 2.62. The monoisotopic (exact) mass is 272 g/mol. The molecule has 17 heavy (non-hydrogen) atoms. The Morgan fingerprint density at radius 1 is 1.35 bits per heavy atom. The second-order valence-electron chi connectivity index (χ2n) is 3.86. The van der Waals surface area contributed by atoms with E-state index in [0.29, 0.717) is 15.6 Å². The van der Waals surface area contributed by atoms with Crippen molar-refractivity contribution in [3.63, 3.8) is 0 Å².